The maximum Gasteiger partial charge on any atom is 0.132 e. The Morgan fingerprint density at radius 3 is 3.16 bits per heavy atom. The van der Waals surface area contributed by atoms with Crippen LogP contribution in [0.25, 0.3) is 0 Å². The van der Waals surface area contributed by atoms with Crippen LogP contribution in [0.1, 0.15) is 18.5 Å². The van der Waals surface area contributed by atoms with Gasteiger partial charge in [0, 0.05) is 38.5 Å². The van der Waals surface area contributed by atoms with Crippen LogP contribution < -0.4 is 10.2 Å². The summed E-state index contributed by atoms with van der Waals surface area (Å²) in [5, 5.41) is 3.46. The second-order valence-electron chi connectivity index (χ2n) is 5.17. The van der Waals surface area contributed by atoms with Gasteiger partial charge in [-0.15, -0.1) is 0 Å². The molecule has 2 rings (SSSR count). The lowest BCUT2D eigenvalue weighted by molar-refractivity contribution is 0.197. The Morgan fingerprint density at radius 2 is 2.37 bits per heavy atom. The summed E-state index contributed by atoms with van der Waals surface area (Å²) < 4.78 is 5.04. The summed E-state index contributed by atoms with van der Waals surface area (Å²) in [6.07, 6.45) is 4.19. The van der Waals surface area contributed by atoms with E-state index in [9.17, 15) is 0 Å². The minimum Gasteiger partial charge on any atom is -0.383 e. The third-order valence-corrected chi connectivity index (χ3v) is 3.55. The molecule has 0 amide bonds. The van der Waals surface area contributed by atoms with Crippen LogP contribution in [0.2, 0.25) is 0 Å². The van der Waals surface area contributed by atoms with Crippen molar-refractivity contribution in [2.24, 2.45) is 5.92 Å². The zero-order chi connectivity index (χ0) is 13.5. The molecule has 1 saturated heterocycles. The smallest absolute Gasteiger partial charge is 0.132 e. The predicted octanol–water partition coefficient (Wildman–Crippen LogP) is 1.24. The summed E-state index contributed by atoms with van der Waals surface area (Å²) in [4.78, 5) is 10.9. The molecule has 0 saturated carbocycles. The molecule has 1 N–H and O–H groups in total. The lowest BCUT2D eigenvalue weighted by Gasteiger charge is -2.33. The molecule has 1 aliphatic rings. The van der Waals surface area contributed by atoms with Crippen molar-refractivity contribution in [1.82, 2.24) is 15.3 Å². The van der Waals surface area contributed by atoms with Crippen LogP contribution in [-0.4, -0.2) is 49.9 Å². The van der Waals surface area contributed by atoms with Crippen LogP contribution in [0.4, 0.5) is 5.82 Å². The van der Waals surface area contributed by atoms with E-state index in [2.05, 4.69) is 26.3 Å². The lowest BCUT2D eigenvalue weighted by Crippen LogP contribution is -2.40. The fraction of sp³-hybridized carbons (Fsp3) is 0.714. The minimum atomic E-state index is 0.695. The van der Waals surface area contributed by atoms with Gasteiger partial charge in [0.25, 0.3) is 0 Å². The molecule has 1 fully saturated rings. The van der Waals surface area contributed by atoms with Crippen LogP contribution >= 0.6 is 0 Å². The number of nitrogens with one attached hydrogen (secondary N) is 1. The van der Waals surface area contributed by atoms with Gasteiger partial charge >= 0.3 is 0 Å². The molecule has 19 heavy (non-hydrogen) atoms. The maximum atomic E-state index is 5.04. The van der Waals surface area contributed by atoms with Crippen molar-refractivity contribution in [1.29, 1.82) is 0 Å². The van der Waals surface area contributed by atoms with Gasteiger partial charge < -0.3 is 15.0 Å². The van der Waals surface area contributed by atoms with Crippen molar-refractivity contribution < 1.29 is 4.74 Å². The largest absolute Gasteiger partial charge is 0.383 e. The number of anilines is 1. The van der Waals surface area contributed by atoms with E-state index in [0.717, 1.165) is 44.3 Å². The number of aromatic nitrogens is 2. The molecule has 0 radical (unpaired) electrons. The Kier molecular flexibility index (Phi) is 5.54. The Bertz CT molecular complexity index is 385. The van der Waals surface area contributed by atoms with E-state index in [1.54, 1.807) is 13.4 Å². The first kappa shape index (κ1) is 14.2. The van der Waals surface area contributed by atoms with Gasteiger partial charge in [0.15, 0.2) is 0 Å². The molecule has 1 atom stereocenters. The summed E-state index contributed by atoms with van der Waals surface area (Å²) in [7, 11) is 1.74. The molecule has 1 aromatic rings. The molecule has 0 bridgehead atoms. The zero-order valence-corrected chi connectivity index (χ0v) is 11.9. The normalized spacial score (nSPS) is 19.7. The third kappa shape index (κ3) is 4.44. The summed E-state index contributed by atoms with van der Waals surface area (Å²) in [6.45, 7) is 6.96. The van der Waals surface area contributed by atoms with Crippen molar-refractivity contribution in [3.8, 4) is 0 Å². The highest BCUT2D eigenvalue weighted by Gasteiger charge is 2.20. The number of methoxy groups -OCH3 is 1. The van der Waals surface area contributed by atoms with Crippen molar-refractivity contribution in [2.75, 3.05) is 44.8 Å². The Hall–Kier alpha value is -1.20. The van der Waals surface area contributed by atoms with E-state index in [1.807, 2.05) is 6.92 Å². The highest BCUT2D eigenvalue weighted by molar-refractivity contribution is 5.39. The summed E-state index contributed by atoms with van der Waals surface area (Å²) in [5.74, 6) is 1.76. The zero-order valence-electron chi connectivity index (χ0n) is 11.9. The predicted molar refractivity (Wildman–Crippen MR) is 76.5 cm³/mol. The minimum absolute atomic E-state index is 0.695. The molecule has 2 heterocycles. The van der Waals surface area contributed by atoms with E-state index in [1.165, 1.54) is 12.8 Å². The van der Waals surface area contributed by atoms with E-state index in [0.29, 0.717) is 5.92 Å². The van der Waals surface area contributed by atoms with Gasteiger partial charge in [-0.1, -0.05) is 0 Å². The summed E-state index contributed by atoms with van der Waals surface area (Å²) in [5.41, 5.74) is 1.03. The highest BCUT2D eigenvalue weighted by Crippen LogP contribution is 2.21. The topological polar surface area (TPSA) is 50.3 Å². The van der Waals surface area contributed by atoms with Crippen molar-refractivity contribution in [3.63, 3.8) is 0 Å². The number of aryl methyl sites for hydroxylation is 1. The molecule has 5 nitrogen and oxygen atoms in total. The molecule has 1 aromatic heterocycles. The summed E-state index contributed by atoms with van der Waals surface area (Å²) >= 11 is 0. The van der Waals surface area contributed by atoms with E-state index in [-0.39, 0.29) is 0 Å². The maximum absolute atomic E-state index is 5.04. The lowest BCUT2D eigenvalue weighted by atomic mass is 9.98. The summed E-state index contributed by atoms with van der Waals surface area (Å²) in [6, 6.07) is 2.07. The molecule has 0 spiro atoms. The fourth-order valence-corrected chi connectivity index (χ4v) is 2.53. The standard InChI is InChI=1S/C14H24N4O/c1-12-8-14(17-11-16-12)18-6-3-4-13(10-18)9-15-5-7-19-2/h8,11,13,15H,3-7,9-10H2,1-2H3. The molecular formula is C14H24N4O. The highest BCUT2D eigenvalue weighted by atomic mass is 16.5. The quantitative estimate of drug-likeness (QED) is 0.783. The average molecular weight is 264 g/mol. The SMILES string of the molecule is COCCNCC1CCCN(c2cc(C)ncn2)C1. The van der Waals surface area contributed by atoms with E-state index in [4.69, 9.17) is 4.74 Å². The van der Waals surface area contributed by atoms with Crippen LogP contribution in [-0.2, 0) is 4.74 Å². The number of ether oxygens (including phenoxy) is 1. The van der Waals surface area contributed by atoms with E-state index < -0.39 is 0 Å². The number of hydrogen-bond donors (Lipinski definition) is 1. The monoisotopic (exact) mass is 264 g/mol. The van der Waals surface area contributed by atoms with Gasteiger partial charge in [0.1, 0.15) is 12.1 Å². The fourth-order valence-electron chi connectivity index (χ4n) is 2.53. The second kappa shape index (κ2) is 7.40. The first-order chi connectivity index (χ1) is 9.29. The molecule has 0 aromatic carbocycles. The van der Waals surface area contributed by atoms with Gasteiger partial charge in [-0.25, -0.2) is 9.97 Å². The molecule has 106 valence electrons. The first-order valence-electron chi connectivity index (χ1n) is 7.03. The van der Waals surface area contributed by atoms with Crippen molar-refractivity contribution in [2.45, 2.75) is 19.8 Å². The van der Waals surface area contributed by atoms with Crippen LogP contribution in [0.15, 0.2) is 12.4 Å². The van der Waals surface area contributed by atoms with Gasteiger partial charge in [-0.05, 0) is 32.2 Å². The number of hydrogen-bond acceptors (Lipinski definition) is 5. The molecular weight excluding hydrogens is 240 g/mol. The number of piperidine rings is 1. The third-order valence-electron chi connectivity index (χ3n) is 3.55. The number of nitrogens with zero attached hydrogens (tertiary/aromatic N) is 3. The van der Waals surface area contributed by atoms with Gasteiger partial charge in [0.05, 0.1) is 6.61 Å². The molecule has 0 aliphatic carbocycles. The Balaban J connectivity index is 1.83. The van der Waals surface area contributed by atoms with E-state index >= 15 is 0 Å². The van der Waals surface area contributed by atoms with Crippen LogP contribution in [0, 0.1) is 12.8 Å². The molecule has 1 aliphatic heterocycles. The second-order valence-corrected chi connectivity index (χ2v) is 5.17. The van der Waals surface area contributed by atoms with Gasteiger partial charge in [-0.2, -0.15) is 0 Å². The van der Waals surface area contributed by atoms with Crippen LogP contribution in [0.5, 0.6) is 0 Å². The Labute approximate surface area is 115 Å². The van der Waals surface area contributed by atoms with Crippen molar-refractivity contribution >= 4 is 5.82 Å². The Morgan fingerprint density at radius 1 is 1.47 bits per heavy atom. The van der Waals surface area contributed by atoms with Crippen LogP contribution in [0.3, 0.4) is 0 Å². The molecule has 1 unspecified atom stereocenters. The first-order valence-corrected chi connectivity index (χ1v) is 7.03. The molecule has 5 heteroatoms. The average Bonchev–Trinajstić information content (AvgIpc) is 2.44. The number of rotatable bonds is 6. The van der Waals surface area contributed by atoms with Gasteiger partial charge in [0.2, 0.25) is 0 Å². The van der Waals surface area contributed by atoms with Gasteiger partial charge in [-0.3, -0.25) is 0 Å². The van der Waals surface area contributed by atoms with Crippen molar-refractivity contribution in [3.05, 3.63) is 18.1 Å².